The lowest BCUT2D eigenvalue weighted by Gasteiger charge is -2.22. The fourth-order valence-corrected chi connectivity index (χ4v) is 5.57. The van der Waals surface area contributed by atoms with Crippen LogP contribution in [0.2, 0.25) is 0 Å². The van der Waals surface area contributed by atoms with Gasteiger partial charge in [0, 0.05) is 29.2 Å². The summed E-state index contributed by atoms with van der Waals surface area (Å²) >= 11 is 1.58. The molecule has 0 bridgehead atoms. The number of aryl methyl sites for hydroxylation is 2. The summed E-state index contributed by atoms with van der Waals surface area (Å²) in [5.41, 5.74) is 4.17. The van der Waals surface area contributed by atoms with Crippen molar-refractivity contribution in [2.24, 2.45) is 5.10 Å². The summed E-state index contributed by atoms with van der Waals surface area (Å²) in [6.45, 7) is 6.26. The van der Waals surface area contributed by atoms with Crippen molar-refractivity contribution in [3.63, 3.8) is 0 Å². The van der Waals surface area contributed by atoms with Crippen molar-refractivity contribution >= 4 is 27.9 Å². The molecule has 188 valence electrons. The molecule has 36 heavy (non-hydrogen) atoms. The van der Waals surface area contributed by atoms with E-state index in [9.17, 15) is 10.1 Å². The van der Waals surface area contributed by atoms with Crippen LogP contribution >= 0.6 is 11.3 Å². The second-order valence-electron chi connectivity index (χ2n) is 9.26. The Morgan fingerprint density at radius 3 is 2.69 bits per heavy atom. The summed E-state index contributed by atoms with van der Waals surface area (Å²) < 4.78 is 11.3. The molecule has 0 amide bonds. The maximum Gasteiger partial charge on any atom is 0.272 e. The molecule has 5 rings (SSSR count). The quantitative estimate of drug-likeness (QED) is 0.215. The number of nitro groups is 1. The van der Waals surface area contributed by atoms with Gasteiger partial charge in [-0.15, -0.1) is 10.2 Å². The smallest absolute Gasteiger partial charge is 0.272 e. The van der Waals surface area contributed by atoms with Gasteiger partial charge in [-0.3, -0.25) is 10.1 Å². The van der Waals surface area contributed by atoms with Crippen molar-refractivity contribution in [1.29, 1.82) is 0 Å². The molecule has 2 aliphatic heterocycles. The second kappa shape index (κ2) is 10.2. The van der Waals surface area contributed by atoms with Crippen molar-refractivity contribution in [3.8, 4) is 11.5 Å². The van der Waals surface area contributed by atoms with Gasteiger partial charge < -0.3 is 9.47 Å². The highest BCUT2D eigenvalue weighted by Gasteiger charge is 2.29. The minimum Gasteiger partial charge on any atom is -0.454 e. The minimum absolute atomic E-state index is 0.0154. The third-order valence-corrected chi connectivity index (χ3v) is 7.53. The standard InChI is InChI=1S/C26H29N5O4S/c1-4-5-6-7-8-24-27-28-26(36-24)30-17(3)12-19-13-22-23(35-15-34-22)14-20(19)25(29-30)18-9-10-21(31(32)33)16(2)11-18/h9-11,13-14,17H,4-8,12,15H2,1-3H3. The lowest BCUT2D eigenvalue weighted by Crippen LogP contribution is -2.29. The van der Waals surface area contributed by atoms with Crippen LogP contribution in [0.25, 0.3) is 0 Å². The van der Waals surface area contributed by atoms with E-state index in [1.54, 1.807) is 24.3 Å². The fourth-order valence-electron chi connectivity index (χ4n) is 4.63. The van der Waals surface area contributed by atoms with Crippen LogP contribution in [0.4, 0.5) is 10.8 Å². The maximum atomic E-state index is 11.4. The molecule has 0 fully saturated rings. The van der Waals surface area contributed by atoms with Crippen molar-refractivity contribution in [3.05, 3.63) is 67.7 Å². The molecule has 0 saturated heterocycles. The molecule has 3 aromatic rings. The van der Waals surface area contributed by atoms with Crippen molar-refractivity contribution < 1.29 is 14.4 Å². The van der Waals surface area contributed by atoms with Gasteiger partial charge in [-0.05, 0) is 56.5 Å². The number of unbranched alkanes of at least 4 members (excludes halogenated alkanes) is 3. The Labute approximate surface area is 213 Å². The predicted octanol–water partition coefficient (Wildman–Crippen LogP) is 5.81. The number of hydrogen-bond acceptors (Lipinski definition) is 9. The molecule has 0 aliphatic carbocycles. The minimum atomic E-state index is -0.363. The first-order valence-electron chi connectivity index (χ1n) is 12.3. The lowest BCUT2D eigenvalue weighted by atomic mass is 9.93. The molecule has 0 radical (unpaired) electrons. The predicted molar refractivity (Wildman–Crippen MR) is 139 cm³/mol. The van der Waals surface area contributed by atoms with E-state index < -0.39 is 0 Å². The largest absolute Gasteiger partial charge is 0.454 e. The van der Waals surface area contributed by atoms with E-state index in [2.05, 4.69) is 24.0 Å². The third-order valence-electron chi connectivity index (χ3n) is 6.56. The molecule has 2 aromatic carbocycles. The zero-order valence-electron chi connectivity index (χ0n) is 20.7. The average Bonchev–Trinajstić information content (AvgIpc) is 3.48. The monoisotopic (exact) mass is 507 g/mol. The van der Waals surface area contributed by atoms with Gasteiger partial charge in [-0.1, -0.05) is 37.5 Å². The van der Waals surface area contributed by atoms with Gasteiger partial charge in [0.15, 0.2) is 11.5 Å². The summed E-state index contributed by atoms with van der Waals surface area (Å²) in [4.78, 5) is 11.0. The lowest BCUT2D eigenvalue weighted by molar-refractivity contribution is -0.385. The molecule has 1 atom stereocenters. The van der Waals surface area contributed by atoms with Crippen LogP contribution in [0.5, 0.6) is 11.5 Å². The Hall–Kier alpha value is -3.53. The van der Waals surface area contributed by atoms with Crippen LogP contribution in [0, 0.1) is 17.0 Å². The van der Waals surface area contributed by atoms with E-state index in [4.69, 9.17) is 14.6 Å². The first-order valence-corrected chi connectivity index (χ1v) is 13.1. The van der Waals surface area contributed by atoms with E-state index in [1.807, 2.05) is 23.2 Å². The zero-order valence-corrected chi connectivity index (χ0v) is 21.5. The number of hydrazone groups is 1. The molecule has 0 spiro atoms. The van der Waals surface area contributed by atoms with Gasteiger partial charge in [0.05, 0.1) is 16.7 Å². The van der Waals surface area contributed by atoms with Crippen LogP contribution in [-0.2, 0) is 12.8 Å². The SMILES string of the molecule is CCCCCCc1nnc(N2N=C(c3ccc([N+](=O)[O-])c(C)c3)c3cc4c(cc3CC2C)OCO4)s1. The molecule has 2 aliphatic rings. The van der Waals surface area contributed by atoms with Gasteiger partial charge in [-0.25, -0.2) is 5.01 Å². The van der Waals surface area contributed by atoms with Crippen LogP contribution in [0.15, 0.2) is 35.4 Å². The summed E-state index contributed by atoms with van der Waals surface area (Å²) in [5, 5.41) is 29.1. The van der Waals surface area contributed by atoms with Gasteiger partial charge in [0.1, 0.15) is 5.01 Å². The Kier molecular flexibility index (Phi) is 6.86. The molecular formula is C26H29N5O4S. The maximum absolute atomic E-state index is 11.4. The Morgan fingerprint density at radius 1 is 1.14 bits per heavy atom. The molecule has 10 heteroatoms. The number of aromatic nitrogens is 2. The molecular weight excluding hydrogens is 478 g/mol. The Balaban J connectivity index is 1.56. The highest BCUT2D eigenvalue weighted by atomic mass is 32.1. The molecule has 1 unspecified atom stereocenters. The van der Waals surface area contributed by atoms with E-state index in [0.29, 0.717) is 17.0 Å². The van der Waals surface area contributed by atoms with Gasteiger partial charge in [0.25, 0.3) is 5.69 Å². The van der Waals surface area contributed by atoms with Crippen LogP contribution in [0.1, 0.15) is 66.8 Å². The second-order valence-corrected chi connectivity index (χ2v) is 10.3. The number of hydrogen-bond donors (Lipinski definition) is 0. The number of nitro benzene ring substituents is 1. The van der Waals surface area contributed by atoms with Crippen molar-refractivity contribution in [2.45, 2.75) is 65.3 Å². The van der Waals surface area contributed by atoms with Crippen LogP contribution < -0.4 is 14.5 Å². The van der Waals surface area contributed by atoms with E-state index in [0.717, 1.165) is 51.8 Å². The third kappa shape index (κ3) is 4.77. The van der Waals surface area contributed by atoms with Gasteiger partial charge in [-0.2, -0.15) is 5.10 Å². The number of fused-ring (bicyclic) bond motifs is 2. The molecule has 0 saturated carbocycles. The Bertz CT molecular complexity index is 1320. The summed E-state index contributed by atoms with van der Waals surface area (Å²) in [6, 6.07) is 9.11. The number of nitrogens with zero attached hydrogens (tertiary/aromatic N) is 5. The van der Waals surface area contributed by atoms with E-state index in [-0.39, 0.29) is 23.4 Å². The van der Waals surface area contributed by atoms with E-state index >= 15 is 0 Å². The highest BCUT2D eigenvalue weighted by Crippen LogP contribution is 2.39. The molecule has 3 heterocycles. The van der Waals surface area contributed by atoms with Crippen LogP contribution in [0.3, 0.4) is 0 Å². The number of anilines is 1. The van der Waals surface area contributed by atoms with Crippen molar-refractivity contribution in [2.75, 3.05) is 11.8 Å². The van der Waals surface area contributed by atoms with Gasteiger partial charge in [0.2, 0.25) is 11.9 Å². The highest BCUT2D eigenvalue weighted by molar-refractivity contribution is 7.15. The number of rotatable bonds is 8. The number of ether oxygens (including phenoxy) is 2. The summed E-state index contributed by atoms with van der Waals surface area (Å²) in [6.07, 6.45) is 6.36. The Morgan fingerprint density at radius 2 is 1.94 bits per heavy atom. The van der Waals surface area contributed by atoms with Gasteiger partial charge >= 0.3 is 0 Å². The summed E-state index contributed by atoms with van der Waals surface area (Å²) in [5.74, 6) is 1.39. The van der Waals surface area contributed by atoms with Crippen molar-refractivity contribution in [1.82, 2.24) is 10.2 Å². The molecule has 1 aromatic heterocycles. The fraction of sp³-hybridized carbons (Fsp3) is 0.423. The first kappa shape index (κ1) is 24.2. The van der Waals surface area contributed by atoms with E-state index in [1.165, 1.54) is 25.3 Å². The molecule has 0 N–H and O–H groups in total. The van der Waals surface area contributed by atoms with Crippen LogP contribution in [-0.4, -0.2) is 33.7 Å². The first-order chi connectivity index (χ1) is 17.4. The average molecular weight is 508 g/mol. The topological polar surface area (TPSA) is 103 Å². The summed E-state index contributed by atoms with van der Waals surface area (Å²) in [7, 11) is 0. The number of benzene rings is 2. The molecule has 9 nitrogen and oxygen atoms in total. The zero-order chi connectivity index (χ0) is 25.2. The normalized spacial score (nSPS) is 16.5.